The minimum Gasteiger partial charge on any atom is -0.382 e. The molecule has 1 atom stereocenters. The molecule has 1 unspecified atom stereocenters. The van der Waals surface area contributed by atoms with Crippen LogP contribution in [0.3, 0.4) is 0 Å². The maximum atomic E-state index is 12.0. The molecule has 1 aliphatic heterocycles. The van der Waals surface area contributed by atoms with Crippen molar-refractivity contribution < 1.29 is 9.59 Å². The molecular formula is C13H18N4O2. The number of likely N-dealkylation sites (N-methyl/N-ethyl adjacent to an activating group) is 1. The van der Waals surface area contributed by atoms with E-state index >= 15 is 0 Å². The molecule has 4 N–H and O–H groups in total. The first-order valence-corrected chi connectivity index (χ1v) is 6.26. The molecule has 0 saturated carbocycles. The summed E-state index contributed by atoms with van der Waals surface area (Å²) >= 11 is 0. The van der Waals surface area contributed by atoms with Crippen LogP contribution in [0.4, 0.5) is 11.4 Å². The molecule has 102 valence electrons. The monoisotopic (exact) mass is 262 g/mol. The van der Waals surface area contributed by atoms with E-state index in [0.29, 0.717) is 5.56 Å². The van der Waals surface area contributed by atoms with Crippen molar-refractivity contribution in [1.82, 2.24) is 10.6 Å². The molecule has 2 amide bonds. The van der Waals surface area contributed by atoms with Crippen molar-refractivity contribution >= 4 is 23.2 Å². The van der Waals surface area contributed by atoms with E-state index in [1.807, 2.05) is 6.07 Å². The molecule has 1 heterocycles. The molecule has 0 spiro atoms. The summed E-state index contributed by atoms with van der Waals surface area (Å²) in [5.74, 6) is -0.475. The Bertz CT molecular complexity index is 501. The van der Waals surface area contributed by atoms with E-state index in [2.05, 4.69) is 21.3 Å². The summed E-state index contributed by atoms with van der Waals surface area (Å²) in [4.78, 5) is 23.4. The van der Waals surface area contributed by atoms with Crippen LogP contribution < -0.4 is 21.3 Å². The molecule has 19 heavy (non-hydrogen) atoms. The van der Waals surface area contributed by atoms with Gasteiger partial charge in [-0.25, -0.2) is 0 Å². The lowest BCUT2D eigenvalue weighted by atomic mass is 10.1. The first-order valence-electron chi connectivity index (χ1n) is 6.26. The maximum absolute atomic E-state index is 12.0. The highest BCUT2D eigenvalue weighted by Crippen LogP contribution is 2.25. The van der Waals surface area contributed by atoms with Crippen molar-refractivity contribution in [3.8, 4) is 0 Å². The lowest BCUT2D eigenvalue weighted by Gasteiger charge is -2.20. The molecule has 6 heteroatoms. The van der Waals surface area contributed by atoms with Crippen molar-refractivity contribution in [3.05, 3.63) is 23.8 Å². The number of hydrogen-bond acceptors (Lipinski definition) is 4. The van der Waals surface area contributed by atoms with Gasteiger partial charge in [0.15, 0.2) is 0 Å². The number of nitrogens with one attached hydrogen (secondary N) is 4. The van der Waals surface area contributed by atoms with Gasteiger partial charge in [0.05, 0.1) is 11.4 Å². The molecule has 2 rings (SSSR count). The van der Waals surface area contributed by atoms with Gasteiger partial charge in [-0.2, -0.15) is 0 Å². The number of benzene rings is 1. The zero-order valence-electron chi connectivity index (χ0n) is 11.0. The highest BCUT2D eigenvalue weighted by molar-refractivity contribution is 5.99. The van der Waals surface area contributed by atoms with Crippen LogP contribution in [0.2, 0.25) is 0 Å². The van der Waals surface area contributed by atoms with Gasteiger partial charge in [-0.15, -0.1) is 0 Å². The summed E-state index contributed by atoms with van der Waals surface area (Å²) in [6.45, 7) is 3.34. The second kappa shape index (κ2) is 5.60. The lowest BCUT2D eigenvalue weighted by molar-refractivity contribution is -0.122. The average Bonchev–Trinajstić information content (AvgIpc) is 2.45. The highest BCUT2D eigenvalue weighted by Gasteiger charge is 2.17. The number of amides is 2. The zero-order chi connectivity index (χ0) is 13.8. The van der Waals surface area contributed by atoms with Crippen LogP contribution in [0.1, 0.15) is 17.3 Å². The molecule has 1 aromatic rings. The molecule has 0 saturated heterocycles. The van der Waals surface area contributed by atoms with Crippen molar-refractivity contribution in [2.45, 2.75) is 13.0 Å². The molecular weight excluding hydrogens is 244 g/mol. The molecule has 6 nitrogen and oxygen atoms in total. The van der Waals surface area contributed by atoms with Gasteiger partial charge in [-0.05, 0) is 25.1 Å². The molecule has 0 bridgehead atoms. The first kappa shape index (κ1) is 13.2. The third-order valence-electron chi connectivity index (χ3n) is 3.02. The zero-order valence-corrected chi connectivity index (χ0v) is 11.0. The lowest BCUT2D eigenvalue weighted by Crippen LogP contribution is -2.43. The number of fused-ring (bicyclic) bond motifs is 1. The fourth-order valence-corrected chi connectivity index (χ4v) is 1.94. The highest BCUT2D eigenvalue weighted by atomic mass is 16.2. The minimum absolute atomic E-state index is 0.217. The second-order valence-electron chi connectivity index (χ2n) is 4.42. The van der Waals surface area contributed by atoms with Gasteiger partial charge in [0.1, 0.15) is 6.04 Å². The Morgan fingerprint density at radius 2 is 1.89 bits per heavy atom. The summed E-state index contributed by atoms with van der Waals surface area (Å²) < 4.78 is 0. The predicted molar refractivity (Wildman–Crippen MR) is 74.4 cm³/mol. The van der Waals surface area contributed by atoms with E-state index in [-0.39, 0.29) is 11.8 Å². The number of carbonyl (C=O) groups excluding carboxylic acids is 2. The van der Waals surface area contributed by atoms with Crippen LogP contribution >= 0.6 is 0 Å². The summed E-state index contributed by atoms with van der Waals surface area (Å²) in [5, 5.41) is 11.6. The average molecular weight is 262 g/mol. The van der Waals surface area contributed by atoms with Gasteiger partial charge in [-0.1, -0.05) is 0 Å². The Balaban J connectivity index is 2.09. The molecule has 0 aliphatic carbocycles. The van der Waals surface area contributed by atoms with Gasteiger partial charge >= 0.3 is 0 Å². The fourth-order valence-electron chi connectivity index (χ4n) is 1.94. The normalized spacial score (nSPS) is 14.4. The maximum Gasteiger partial charge on any atom is 0.251 e. The van der Waals surface area contributed by atoms with Crippen molar-refractivity contribution in [2.24, 2.45) is 0 Å². The van der Waals surface area contributed by atoms with Crippen LogP contribution in [0.15, 0.2) is 18.2 Å². The van der Waals surface area contributed by atoms with Gasteiger partial charge in [-0.3, -0.25) is 9.59 Å². The van der Waals surface area contributed by atoms with Crippen molar-refractivity contribution in [1.29, 1.82) is 0 Å². The standard InChI is InChI=1S/C13H18N4O2/c1-8(12(18)14-2)17-13(19)9-3-4-10-11(7-9)16-6-5-15-10/h3-4,7-8,15-16H,5-6H2,1-2H3,(H,14,18)(H,17,19). The van der Waals surface area contributed by atoms with Crippen LogP contribution in [-0.2, 0) is 4.79 Å². The topological polar surface area (TPSA) is 82.3 Å². The van der Waals surface area contributed by atoms with Crippen LogP contribution in [0, 0.1) is 0 Å². The van der Waals surface area contributed by atoms with Crippen LogP contribution in [0.5, 0.6) is 0 Å². The number of hydrogen-bond donors (Lipinski definition) is 4. The summed E-state index contributed by atoms with van der Waals surface area (Å²) in [6.07, 6.45) is 0. The largest absolute Gasteiger partial charge is 0.382 e. The van der Waals surface area contributed by atoms with Crippen LogP contribution in [0.25, 0.3) is 0 Å². The SMILES string of the molecule is CNC(=O)C(C)NC(=O)c1ccc2c(c1)NCCN2. The Morgan fingerprint density at radius 1 is 1.21 bits per heavy atom. The first-order chi connectivity index (χ1) is 9.11. The van der Waals surface area contributed by atoms with Gasteiger partial charge in [0.2, 0.25) is 5.91 Å². The number of carbonyl (C=O) groups is 2. The Hall–Kier alpha value is -2.24. The molecule has 0 fully saturated rings. The molecule has 0 radical (unpaired) electrons. The van der Waals surface area contributed by atoms with E-state index in [4.69, 9.17) is 0 Å². The molecule has 1 aliphatic rings. The van der Waals surface area contributed by atoms with Gasteiger partial charge in [0, 0.05) is 25.7 Å². The van der Waals surface area contributed by atoms with Crippen molar-refractivity contribution in [2.75, 3.05) is 30.8 Å². The summed E-state index contributed by atoms with van der Waals surface area (Å²) in [5.41, 5.74) is 2.43. The third-order valence-corrected chi connectivity index (χ3v) is 3.02. The Morgan fingerprint density at radius 3 is 2.58 bits per heavy atom. The van der Waals surface area contributed by atoms with E-state index in [0.717, 1.165) is 24.5 Å². The molecule has 0 aromatic heterocycles. The predicted octanol–water partition coefficient (Wildman–Crippen LogP) is 0.388. The smallest absolute Gasteiger partial charge is 0.251 e. The van der Waals surface area contributed by atoms with E-state index in [1.165, 1.54) is 0 Å². The second-order valence-corrected chi connectivity index (χ2v) is 4.42. The Labute approximate surface area is 112 Å². The fraction of sp³-hybridized carbons (Fsp3) is 0.385. The summed E-state index contributed by atoms with van der Waals surface area (Å²) in [6, 6.07) is 4.83. The molecule has 1 aromatic carbocycles. The quantitative estimate of drug-likeness (QED) is 0.635. The van der Waals surface area contributed by atoms with E-state index < -0.39 is 6.04 Å². The van der Waals surface area contributed by atoms with E-state index in [9.17, 15) is 9.59 Å². The van der Waals surface area contributed by atoms with Crippen LogP contribution in [-0.4, -0.2) is 38.0 Å². The Kier molecular flexibility index (Phi) is 3.89. The summed E-state index contributed by atoms with van der Waals surface area (Å²) in [7, 11) is 1.54. The van der Waals surface area contributed by atoms with Crippen molar-refractivity contribution in [3.63, 3.8) is 0 Å². The van der Waals surface area contributed by atoms with Gasteiger partial charge in [0.25, 0.3) is 5.91 Å². The third kappa shape index (κ3) is 2.96. The van der Waals surface area contributed by atoms with E-state index in [1.54, 1.807) is 26.1 Å². The minimum atomic E-state index is -0.556. The number of anilines is 2. The number of rotatable bonds is 3. The van der Waals surface area contributed by atoms with Gasteiger partial charge < -0.3 is 21.3 Å².